The highest BCUT2D eigenvalue weighted by Crippen LogP contribution is 2.32. The maximum absolute atomic E-state index is 5.44. The van der Waals surface area contributed by atoms with Gasteiger partial charge in [-0.25, -0.2) is 0 Å². The lowest BCUT2D eigenvalue weighted by Gasteiger charge is -2.34. The number of piperazine rings is 1. The van der Waals surface area contributed by atoms with Crippen LogP contribution >= 0.6 is 24.0 Å². The van der Waals surface area contributed by atoms with Crippen LogP contribution in [0.3, 0.4) is 0 Å². The number of guanidine groups is 1. The van der Waals surface area contributed by atoms with Gasteiger partial charge in [0, 0.05) is 52.9 Å². The summed E-state index contributed by atoms with van der Waals surface area (Å²) in [6.07, 6.45) is 1.10. The normalized spacial score (nSPS) is 16.5. The molecule has 4 rings (SSSR count). The van der Waals surface area contributed by atoms with Gasteiger partial charge in [0.1, 0.15) is 0 Å². The van der Waals surface area contributed by atoms with Crippen LogP contribution in [-0.4, -0.2) is 68.9 Å². The van der Waals surface area contributed by atoms with Crippen molar-refractivity contribution in [3.05, 3.63) is 59.7 Å². The fourth-order valence-electron chi connectivity index (χ4n) is 3.98. The van der Waals surface area contributed by atoms with Crippen LogP contribution < -0.4 is 20.1 Å². The van der Waals surface area contributed by atoms with Crippen molar-refractivity contribution in [2.75, 3.05) is 53.1 Å². The Morgan fingerprint density at radius 1 is 0.906 bits per heavy atom. The molecule has 2 aliphatic heterocycles. The Labute approximate surface area is 208 Å². The molecule has 174 valence electrons. The summed E-state index contributed by atoms with van der Waals surface area (Å²) in [4.78, 5) is 9.44. The zero-order chi connectivity index (χ0) is 21.3. The van der Waals surface area contributed by atoms with E-state index in [0.717, 1.165) is 75.3 Å². The molecular formula is C24H34IN5O2. The summed E-state index contributed by atoms with van der Waals surface area (Å²) in [5, 5.41) is 6.79. The van der Waals surface area contributed by atoms with Crippen LogP contribution in [0.15, 0.2) is 53.5 Å². The summed E-state index contributed by atoms with van der Waals surface area (Å²) in [7, 11) is 1.81. The molecule has 7 nitrogen and oxygen atoms in total. The molecule has 0 atom stereocenters. The standard InChI is InChI=1S/C24H33N5O2.HI/c1-25-24(27-17-21-8-9-22-23(16-21)31-19-30-22)26-10-5-11-28-12-14-29(15-13-28)18-20-6-3-2-4-7-20;/h2-4,6-9,16H,5,10-15,17-19H2,1H3,(H2,25,26,27);1H. The van der Waals surface area contributed by atoms with E-state index in [0.29, 0.717) is 13.3 Å². The van der Waals surface area contributed by atoms with Crippen molar-refractivity contribution in [1.29, 1.82) is 0 Å². The molecule has 2 aliphatic rings. The van der Waals surface area contributed by atoms with Crippen molar-refractivity contribution in [2.24, 2.45) is 4.99 Å². The topological polar surface area (TPSA) is 61.4 Å². The van der Waals surface area contributed by atoms with Gasteiger partial charge in [-0.2, -0.15) is 0 Å². The molecule has 0 saturated carbocycles. The summed E-state index contributed by atoms with van der Waals surface area (Å²) < 4.78 is 10.8. The minimum absolute atomic E-state index is 0. The Morgan fingerprint density at radius 3 is 2.44 bits per heavy atom. The Hall–Kier alpha value is -2.04. The number of benzene rings is 2. The zero-order valence-electron chi connectivity index (χ0n) is 18.8. The van der Waals surface area contributed by atoms with Gasteiger partial charge < -0.3 is 25.0 Å². The first-order chi connectivity index (χ1) is 15.3. The van der Waals surface area contributed by atoms with Gasteiger partial charge >= 0.3 is 0 Å². The lowest BCUT2D eigenvalue weighted by molar-refractivity contribution is 0.126. The molecule has 32 heavy (non-hydrogen) atoms. The molecule has 2 heterocycles. The Balaban J connectivity index is 0.00000289. The lowest BCUT2D eigenvalue weighted by atomic mass is 10.2. The monoisotopic (exact) mass is 551 g/mol. The second kappa shape index (κ2) is 12.9. The van der Waals surface area contributed by atoms with Crippen molar-refractivity contribution < 1.29 is 9.47 Å². The first-order valence-electron chi connectivity index (χ1n) is 11.1. The number of nitrogens with one attached hydrogen (secondary N) is 2. The first kappa shape index (κ1) is 24.6. The van der Waals surface area contributed by atoms with E-state index >= 15 is 0 Å². The lowest BCUT2D eigenvalue weighted by Crippen LogP contribution is -2.46. The van der Waals surface area contributed by atoms with Crippen LogP contribution in [0.2, 0.25) is 0 Å². The van der Waals surface area contributed by atoms with E-state index in [1.807, 2.05) is 18.2 Å². The van der Waals surface area contributed by atoms with Crippen LogP contribution in [-0.2, 0) is 13.1 Å². The molecule has 0 radical (unpaired) electrons. The van der Waals surface area contributed by atoms with Crippen LogP contribution in [0.4, 0.5) is 0 Å². The largest absolute Gasteiger partial charge is 0.454 e. The maximum atomic E-state index is 5.44. The Kier molecular flexibility index (Phi) is 9.89. The molecular weight excluding hydrogens is 517 g/mol. The smallest absolute Gasteiger partial charge is 0.231 e. The van der Waals surface area contributed by atoms with Crippen molar-refractivity contribution >= 4 is 29.9 Å². The third-order valence-electron chi connectivity index (χ3n) is 5.78. The van der Waals surface area contributed by atoms with E-state index in [2.05, 4.69) is 55.8 Å². The van der Waals surface area contributed by atoms with E-state index in [1.54, 1.807) is 7.05 Å². The first-order valence-corrected chi connectivity index (χ1v) is 11.1. The Morgan fingerprint density at radius 2 is 1.66 bits per heavy atom. The van der Waals surface area contributed by atoms with Gasteiger partial charge in [0.2, 0.25) is 6.79 Å². The number of nitrogens with zero attached hydrogens (tertiary/aromatic N) is 3. The summed E-state index contributed by atoms with van der Waals surface area (Å²) >= 11 is 0. The summed E-state index contributed by atoms with van der Waals surface area (Å²) in [5.41, 5.74) is 2.54. The number of aliphatic imine (C=N–C) groups is 1. The van der Waals surface area contributed by atoms with E-state index in [-0.39, 0.29) is 24.0 Å². The van der Waals surface area contributed by atoms with Crippen molar-refractivity contribution in [2.45, 2.75) is 19.5 Å². The highest BCUT2D eigenvalue weighted by Gasteiger charge is 2.16. The molecule has 0 unspecified atom stereocenters. The maximum Gasteiger partial charge on any atom is 0.231 e. The molecule has 0 aliphatic carbocycles. The van der Waals surface area contributed by atoms with Crippen LogP contribution in [0.5, 0.6) is 11.5 Å². The minimum Gasteiger partial charge on any atom is -0.454 e. The fourth-order valence-corrected chi connectivity index (χ4v) is 3.98. The molecule has 2 aromatic carbocycles. The van der Waals surface area contributed by atoms with E-state index in [4.69, 9.17) is 9.47 Å². The third-order valence-corrected chi connectivity index (χ3v) is 5.78. The minimum atomic E-state index is 0. The molecule has 1 fully saturated rings. The van der Waals surface area contributed by atoms with Gasteiger partial charge in [-0.15, -0.1) is 24.0 Å². The molecule has 2 N–H and O–H groups in total. The second-order valence-electron chi connectivity index (χ2n) is 8.00. The number of hydrogen-bond acceptors (Lipinski definition) is 5. The fraction of sp³-hybridized carbons (Fsp3) is 0.458. The Bertz CT molecular complexity index is 857. The summed E-state index contributed by atoms with van der Waals surface area (Å²) in [6, 6.07) is 16.8. The van der Waals surface area contributed by atoms with Crippen molar-refractivity contribution in [1.82, 2.24) is 20.4 Å². The highest BCUT2D eigenvalue weighted by molar-refractivity contribution is 14.0. The summed E-state index contributed by atoms with van der Waals surface area (Å²) in [6.45, 7) is 8.64. The average molecular weight is 551 g/mol. The number of halogens is 1. The molecule has 0 spiro atoms. The second-order valence-corrected chi connectivity index (χ2v) is 8.00. The van der Waals surface area contributed by atoms with Gasteiger partial charge in [0.05, 0.1) is 0 Å². The van der Waals surface area contributed by atoms with Crippen LogP contribution in [0.1, 0.15) is 17.5 Å². The van der Waals surface area contributed by atoms with Gasteiger partial charge in [-0.1, -0.05) is 36.4 Å². The average Bonchev–Trinajstić information content (AvgIpc) is 3.28. The quantitative estimate of drug-likeness (QED) is 0.228. The third kappa shape index (κ3) is 7.25. The van der Waals surface area contributed by atoms with E-state index < -0.39 is 0 Å². The molecule has 1 saturated heterocycles. The van der Waals surface area contributed by atoms with Crippen molar-refractivity contribution in [3.63, 3.8) is 0 Å². The van der Waals surface area contributed by atoms with Crippen LogP contribution in [0.25, 0.3) is 0 Å². The molecule has 0 bridgehead atoms. The zero-order valence-corrected chi connectivity index (χ0v) is 21.1. The summed E-state index contributed by atoms with van der Waals surface area (Å²) in [5.74, 6) is 2.45. The predicted molar refractivity (Wildman–Crippen MR) is 139 cm³/mol. The highest BCUT2D eigenvalue weighted by atomic mass is 127. The molecule has 0 amide bonds. The van der Waals surface area contributed by atoms with Gasteiger partial charge in [-0.05, 0) is 36.2 Å². The van der Waals surface area contributed by atoms with Gasteiger partial charge in [0.15, 0.2) is 17.5 Å². The molecule has 8 heteroatoms. The van der Waals surface area contributed by atoms with Gasteiger partial charge in [0.25, 0.3) is 0 Å². The van der Waals surface area contributed by atoms with Crippen molar-refractivity contribution in [3.8, 4) is 11.5 Å². The van der Waals surface area contributed by atoms with E-state index in [9.17, 15) is 0 Å². The molecule has 2 aromatic rings. The van der Waals surface area contributed by atoms with Gasteiger partial charge in [-0.3, -0.25) is 9.89 Å². The number of hydrogen-bond donors (Lipinski definition) is 2. The molecule has 0 aromatic heterocycles. The predicted octanol–water partition coefficient (Wildman–Crippen LogP) is 2.91. The van der Waals surface area contributed by atoms with Crippen LogP contribution in [0, 0.1) is 0 Å². The number of fused-ring (bicyclic) bond motifs is 1. The number of rotatable bonds is 8. The number of ether oxygens (including phenoxy) is 2. The van der Waals surface area contributed by atoms with E-state index in [1.165, 1.54) is 5.56 Å². The SMILES string of the molecule is CN=C(NCCCN1CCN(Cc2ccccc2)CC1)NCc1ccc2c(c1)OCO2.I.